The molecule has 0 aliphatic heterocycles. The number of carbonyl (C=O) groups excluding carboxylic acids is 1. The van der Waals surface area contributed by atoms with Gasteiger partial charge in [-0.3, -0.25) is 9.91 Å². The Balaban J connectivity index is 1.71. The molecule has 0 bridgehead atoms. The van der Waals surface area contributed by atoms with Crippen LogP contribution in [-0.2, 0) is 4.74 Å². The van der Waals surface area contributed by atoms with Gasteiger partial charge >= 0.3 is 6.09 Å². The van der Waals surface area contributed by atoms with Crippen LogP contribution in [0.3, 0.4) is 0 Å². The van der Waals surface area contributed by atoms with E-state index in [0.717, 1.165) is 49.8 Å². The Kier molecular flexibility index (Phi) is 7.25. The predicted molar refractivity (Wildman–Crippen MR) is 114 cm³/mol. The molecule has 160 valence electrons. The lowest BCUT2D eigenvalue weighted by atomic mass is 9.98. The van der Waals surface area contributed by atoms with Crippen LogP contribution in [0, 0.1) is 0 Å². The van der Waals surface area contributed by atoms with Gasteiger partial charge in [-0.1, -0.05) is 6.42 Å². The first-order valence-electron chi connectivity index (χ1n) is 10.7. The molecule has 7 heteroatoms. The van der Waals surface area contributed by atoms with Crippen molar-refractivity contribution in [3.05, 3.63) is 35.6 Å². The molecule has 3 rings (SSSR count). The third-order valence-corrected chi connectivity index (χ3v) is 5.76. The van der Waals surface area contributed by atoms with Crippen LogP contribution in [-0.4, -0.2) is 42.3 Å². The van der Waals surface area contributed by atoms with Gasteiger partial charge in [0.2, 0.25) is 0 Å². The van der Waals surface area contributed by atoms with E-state index in [1.54, 1.807) is 14.1 Å². The van der Waals surface area contributed by atoms with E-state index in [4.69, 9.17) is 21.1 Å². The van der Waals surface area contributed by atoms with Crippen LogP contribution < -0.4 is 16.3 Å². The normalized spacial score (nSPS) is 18.9. The highest BCUT2D eigenvalue weighted by atomic mass is 16.6. The van der Waals surface area contributed by atoms with Gasteiger partial charge in [-0.2, -0.15) is 0 Å². The Morgan fingerprint density at radius 2 is 1.48 bits per heavy atom. The lowest BCUT2D eigenvalue weighted by Gasteiger charge is -2.28. The summed E-state index contributed by atoms with van der Waals surface area (Å²) < 4.78 is 11.7. The molecule has 0 radical (unpaired) electrons. The number of carbonyl (C=O) groups is 1. The molecule has 1 amide bonds. The number of ether oxygens (including phenoxy) is 2. The first kappa shape index (κ1) is 21.3. The minimum Gasteiger partial charge on any atom is -0.490 e. The molecular formula is C22H34N4O3. The number of amides is 1. The van der Waals surface area contributed by atoms with Crippen molar-refractivity contribution >= 4 is 11.8 Å². The molecule has 29 heavy (non-hydrogen) atoms. The zero-order valence-electron chi connectivity index (χ0n) is 17.6. The molecule has 2 aliphatic carbocycles. The van der Waals surface area contributed by atoms with Crippen LogP contribution in [0.5, 0.6) is 5.75 Å². The van der Waals surface area contributed by atoms with Gasteiger partial charge in [0, 0.05) is 19.7 Å². The van der Waals surface area contributed by atoms with E-state index >= 15 is 0 Å². The topological polar surface area (TPSA) is 94.0 Å². The average Bonchev–Trinajstić information content (AvgIpc) is 3.22. The molecule has 4 N–H and O–H groups in total. The Morgan fingerprint density at radius 1 is 0.931 bits per heavy atom. The summed E-state index contributed by atoms with van der Waals surface area (Å²) in [7, 11) is 3.28. The third-order valence-electron chi connectivity index (χ3n) is 5.76. The molecule has 2 fully saturated rings. The maximum Gasteiger partial charge on any atom is 0.415 e. The van der Waals surface area contributed by atoms with E-state index in [0.29, 0.717) is 17.6 Å². The number of nitrogens with two attached hydrogens (primary N) is 2. The third kappa shape index (κ3) is 5.56. The standard InChI is InChI=1S/C22H34N4O3/c1-25(22(27)29-18-10-6-7-11-18)21(26(2)24)20(23)16-12-14-19(15-13-16)28-17-8-4-3-5-9-17/h12-15,17-18H,3-11,23-24H2,1-2H3/b21-20-. The Bertz CT molecular complexity index is 705. The molecule has 0 atom stereocenters. The van der Waals surface area contributed by atoms with Crippen LogP contribution in [0.1, 0.15) is 63.4 Å². The zero-order valence-corrected chi connectivity index (χ0v) is 17.6. The van der Waals surface area contributed by atoms with Crippen LogP contribution >= 0.6 is 0 Å². The van der Waals surface area contributed by atoms with Crippen molar-refractivity contribution in [3.8, 4) is 5.75 Å². The van der Waals surface area contributed by atoms with Gasteiger partial charge < -0.3 is 15.2 Å². The van der Waals surface area contributed by atoms with Gasteiger partial charge in [-0.15, -0.1) is 0 Å². The second kappa shape index (κ2) is 9.87. The fourth-order valence-electron chi connectivity index (χ4n) is 4.14. The molecule has 2 saturated carbocycles. The molecule has 0 aromatic heterocycles. The van der Waals surface area contributed by atoms with Gasteiger partial charge in [0.25, 0.3) is 0 Å². The van der Waals surface area contributed by atoms with E-state index in [1.165, 1.54) is 29.2 Å². The van der Waals surface area contributed by atoms with E-state index in [1.807, 2.05) is 24.3 Å². The molecule has 1 aromatic carbocycles. The van der Waals surface area contributed by atoms with Crippen molar-refractivity contribution < 1.29 is 14.3 Å². The van der Waals surface area contributed by atoms with Gasteiger partial charge in [0.1, 0.15) is 11.9 Å². The summed E-state index contributed by atoms with van der Waals surface area (Å²) in [6.45, 7) is 0. The summed E-state index contributed by atoms with van der Waals surface area (Å²) in [4.78, 5) is 13.9. The molecule has 2 aliphatic rings. The number of hydrogen-bond donors (Lipinski definition) is 2. The second-order valence-electron chi connectivity index (χ2n) is 8.10. The van der Waals surface area contributed by atoms with E-state index in [-0.39, 0.29) is 6.10 Å². The highest BCUT2D eigenvalue weighted by Crippen LogP contribution is 2.26. The molecule has 0 heterocycles. The first-order valence-corrected chi connectivity index (χ1v) is 10.7. The van der Waals surface area contributed by atoms with Crippen molar-refractivity contribution in [3.63, 3.8) is 0 Å². The number of benzene rings is 1. The van der Waals surface area contributed by atoms with E-state index in [9.17, 15) is 4.79 Å². The minimum atomic E-state index is -0.440. The van der Waals surface area contributed by atoms with Crippen LogP contribution in [0.4, 0.5) is 4.79 Å². The highest BCUT2D eigenvalue weighted by molar-refractivity contribution is 5.75. The predicted octanol–water partition coefficient (Wildman–Crippen LogP) is 3.80. The number of nitrogens with zero attached hydrogens (tertiary/aromatic N) is 2. The largest absolute Gasteiger partial charge is 0.490 e. The minimum absolute atomic E-state index is 0.0216. The van der Waals surface area contributed by atoms with Gasteiger partial charge in [-0.05, 0) is 75.6 Å². The SMILES string of the molecule is CN(N)/C(=C(\N)c1ccc(OC2CCCCC2)cc1)N(C)C(=O)OC1CCCC1. The van der Waals surface area contributed by atoms with Crippen LogP contribution in [0.25, 0.3) is 5.70 Å². The second-order valence-corrected chi connectivity index (χ2v) is 8.10. The molecular weight excluding hydrogens is 368 g/mol. The summed E-state index contributed by atoms with van der Waals surface area (Å²) in [6, 6.07) is 7.63. The smallest absolute Gasteiger partial charge is 0.415 e. The van der Waals surface area contributed by atoms with Crippen LogP contribution in [0.2, 0.25) is 0 Å². The summed E-state index contributed by atoms with van der Waals surface area (Å²) >= 11 is 0. The zero-order chi connectivity index (χ0) is 20.8. The average molecular weight is 403 g/mol. The van der Waals surface area contributed by atoms with E-state index in [2.05, 4.69) is 0 Å². The van der Waals surface area contributed by atoms with Crippen LogP contribution in [0.15, 0.2) is 30.1 Å². The summed E-state index contributed by atoms with van der Waals surface area (Å²) in [5, 5.41) is 1.34. The summed E-state index contributed by atoms with van der Waals surface area (Å²) in [5.74, 6) is 7.23. The van der Waals surface area contributed by atoms with Gasteiger partial charge in [0.05, 0.1) is 11.8 Å². The summed E-state index contributed by atoms with van der Waals surface area (Å²) in [5.41, 5.74) is 7.57. The van der Waals surface area contributed by atoms with Crippen molar-refractivity contribution in [2.45, 2.75) is 70.0 Å². The highest BCUT2D eigenvalue weighted by Gasteiger charge is 2.25. The van der Waals surface area contributed by atoms with Crippen molar-refractivity contribution in [1.82, 2.24) is 9.91 Å². The monoisotopic (exact) mass is 402 g/mol. The van der Waals surface area contributed by atoms with Gasteiger partial charge in [0.15, 0.2) is 5.82 Å². The summed E-state index contributed by atoms with van der Waals surface area (Å²) in [6.07, 6.45) is 9.83. The lowest BCUT2D eigenvalue weighted by molar-refractivity contribution is 0.0726. The molecule has 0 saturated heterocycles. The van der Waals surface area contributed by atoms with Crippen molar-refractivity contribution in [1.29, 1.82) is 0 Å². The lowest BCUT2D eigenvalue weighted by Crippen LogP contribution is -2.41. The van der Waals surface area contributed by atoms with Crippen molar-refractivity contribution in [2.24, 2.45) is 11.6 Å². The number of hydrogen-bond acceptors (Lipinski definition) is 6. The fourth-order valence-corrected chi connectivity index (χ4v) is 4.14. The van der Waals surface area contributed by atoms with Crippen molar-refractivity contribution in [2.75, 3.05) is 14.1 Å². The molecule has 0 spiro atoms. The first-order chi connectivity index (χ1) is 14.0. The quantitative estimate of drug-likeness (QED) is 0.555. The molecule has 1 aromatic rings. The Morgan fingerprint density at radius 3 is 2.07 bits per heavy atom. The molecule has 7 nitrogen and oxygen atoms in total. The fraction of sp³-hybridized carbons (Fsp3) is 0.591. The van der Waals surface area contributed by atoms with Gasteiger partial charge in [-0.25, -0.2) is 10.6 Å². The number of hydrazine groups is 1. The number of rotatable bonds is 6. The molecule has 0 unspecified atom stereocenters. The maximum atomic E-state index is 12.6. The maximum absolute atomic E-state index is 12.6. The van der Waals surface area contributed by atoms with E-state index < -0.39 is 6.09 Å². The Labute approximate surface area is 173 Å². The Hall–Kier alpha value is -2.41.